The molecule has 1 saturated heterocycles. The molecule has 2 amide bonds. The lowest BCUT2D eigenvalue weighted by Gasteiger charge is -2.18. The molecule has 0 radical (unpaired) electrons. The number of nitrogens with one attached hydrogen (secondary N) is 1. The summed E-state index contributed by atoms with van der Waals surface area (Å²) in [5, 5.41) is 11.8. The topological polar surface area (TPSA) is 109 Å². The monoisotopic (exact) mass is 355 g/mol. The molecule has 1 fully saturated rings. The normalized spacial score (nSPS) is 14.7. The third kappa shape index (κ3) is 3.64. The smallest absolute Gasteiger partial charge is 0.414 e. The number of pyridine rings is 1. The summed E-state index contributed by atoms with van der Waals surface area (Å²) >= 11 is 0. The molecule has 1 aromatic heterocycles. The van der Waals surface area contributed by atoms with Crippen LogP contribution in [0.4, 0.5) is 10.5 Å². The molecule has 1 unspecified atom stereocenters. The van der Waals surface area contributed by atoms with Crippen LogP contribution < -0.4 is 10.2 Å². The SMILES string of the molecule is CC(NC(=O)c1cncc(C(=O)O)c1)c1cccc(N2CCOC2=O)c1. The number of nitrogens with zero attached hydrogens (tertiary/aromatic N) is 2. The van der Waals surface area contributed by atoms with Crippen molar-refractivity contribution in [2.75, 3.05) is 18.1 Å². The van der Waals surface area contributed by atoms with E-state index in [9.17, 15) is 14.4 Å². The van der Waals surface area contributed by atoms with E-state index in [1.54, 1.807) is 19.1 Å². The molecule has 1 aliphatic rings. The maximum atomic E-state index is 12.4. The van der Waals surface area contributed by atoms with Gasteiger partial charge in [0.25, 0.3) is 5.91 Å². The van der Waals surface area contributed by atoms with Gasteiger partial charge in [-0.3, -0.25) is 14.7 Å². The van der Waals surface area contributed by atoms with Crippen LogP contribution in [0.15, 0.2) is 42.7 Å². The number of benzene rings is 1. The maximum absolute atomic E-state index is 12.4. The third-order valence-corrected chi connectivity index (χ3v) is 4.04. The summed E-state index contributed by atoms with van der Waals surface area (Å²) in [5.74, 6) is -1.58. The van der Waals surface area contributed by atoms with Crippen LogP contribution in [0.1, 0.15) is 39.2 Å². The second-order valence-corrected chi connectivity index (χ2v) is 5.82. The van der Waals surface area contributed by atoms with Crippen molar-refractivity contribution in [2.45, 2.75) is 13.0 Å². The number of rotatable bonds is 5. The fourth-order valence-electron chi connectivity index (χ4n) is 2.63. The molecule has 2 aromatic rings. The Morgan fingerprint density at radius 3 is 2.73 bits per heavy atom. The molecule has 0 bridgehead atoms. The predicted molar refractivity (Wildman–Crippen MR) is 92.2 cm³/mol. The van der Waals surface area contributed by atoms with Crippen LogP contribution >= 0.6 is 0 Å². The van der Waals surface area contributed by atoms with Crippen molar-refractivity contribution in [2.24, 2.45) is 0 Å². The number of aromatic nitrogens is 1. The van der Waals surface area contributed by atoms with Crippen molar-refractivity contribution in [3.8, 4) is 0 Å². The van der Waals surface area contributed by atoms with E-state index in [4.69, 9.17) is 9.84 Å². The highest BCUT2D eigenvalue weighted by Crippen LogP contribution is 2.23. The fourth-order valence-corrected chi connectivity index (χ4v) is 2.63. The molecular weight excluding hydrogens is 338 g/mol. The first-order chi connectivity index (χ1) is 12.5. The standard InChI is InChI=1S/C18H17N3O5/c1-11(20-16(22)13-7-14(17(23)24)10-19-9-13)12-3-2-4-15(8-12)21-5-6-26-18(21)25/h2-4,7-11H,5-6H2,1H3,(H,20,22)(H,23,24). The van der Waals surface area contributed by atoms with Crippen molar-refractivity contribution in [1.29, 1.82) is 0 Å². The summed E-state index contributed by atoms with van der Waals surface area (Å²) < 4.78 is 4.94. The molecule has 8 heteroatoms. The van der Waals surface area contributed by atoms with Crippen molar-refractivity contribution >= 4 is 23.7 Å². The highest BCUT2D eigenvalue weighted by atomic mass is 16.6. The van der Waals surface area contributed by atoms with E-state index in [0.717, 1.165) is 5.56 Å². The van der Waals surface area contributed by atoms with E-state index in [1.165, 1.54) is 23.4 Å². The molecule has 8 nitrogen and oxygen atoms in total. The minimum Gasteiger partial charge on any atom is -0.478 e. The highest BCUT2D eigenvalue weighted by Gasteiger charge is 2.24. The van der Waals surface area contributed by atoms with Gasteiger partial charge in [0.05, 0.1) is 23.7 Å². The Balaban J connectivity index is 1.74. The van der Waals surface area contributed by atoms with Gasteiger partial charge in [-0.1, -0.05) is 12.1 Å². The summed E-state index contributed by atoms with van der Waals surface area (Å²) in [4.78, 5) is 40.4. The first-order valence-electron chi connectivity index (χ1n) is 7.99. The highest BCUT2D eigenvalue weighted by molar-refractivity contribution is 5.97. The van der Waals surface area contributed by atoms with E-state index in [0.29, 0.717) is 18.8 Å². The zero-order valence-corrected chi connectivity index (χ0v) is 14.0. The van der Waals surface area contributed by atoms with E-state index >= 15 is 0 Å². The maximum Gasteiger partial charge on any atom is 0.414 e. The molecule has 1 atom stereocenters. The van der Waals surface area contributed by atoms with Gasteiger partial charge in [0.15, 0.2) is 0 Å². The Kier molecular flexibility index (Phi) is 4.83. The Bertz CT molecular complexity index is 867. The van der Waals surface area contributed by atoms with E-state index in [-0.39, 0.29) is 17.2 Å². The zero-order valence-electron chi connectivity index (χ0n) is 14.0. The average Bonchev–Trinajstić information content (AvgIpc) is 3.07. The molecule has 134 valence electrons. The molecular formula is C18H17N3O5. The molecule has 3 rings (SSSR count). The van der Waals surface area contributed by atoms with Crippen LogP contribution in [0.5, 0.6) is 0 Å². The van der Waals surface area contributed by atoms with Gasteiger partial charge in [-0.2, -0.15) is 0 Å². The summed E-state index contributed by atoms with van der Waals surface area (Å²) in [7, 11) is 0. The molecule has 0 spiro atoms. The van der Waals surface area contributed by atoms with Crippen LogP contribution in [0.3, 0.4) is 0 Å². The molecule has 0 aliphatic carbocycles. The number of carbonyl (C=O) groups excluding carboxylic acids is 2. The number of anilines is 1. The number of carboxylic acids is 1. The molecule has 1 aliphatic heterocycles. The molecule has 2 heterocycles. The van der Waals surface area contributed by atoms with Crippen molar-refractivity contribution in [3.05, 3.63) is 59.4 Å². The van der Waals surface area contributed by atoms with Gasteiger partial charge in [-0.15, -0.1) is 0 Å². The number of aromatic carboxylic acids is 1. The van der Waals surface area contributed by atoms with E-state index in [2.05, 4.69) is 10.3 Å². The molecule has 2 N–H and O–H groups in total. The summed E-state index contributed by atoms with van der Waals surface area (Å²) in [6.07, 6.45) is 2.10. The quantitative estimate of drug-likeness (QED) is 0.851. The van der Waals surface area contributed by atoms with Gasteiger partial charge in [-0.05, 0) is 30.7 Å². The van der Waals surface area contributed by atoms with Crippen molar-refractivity contribution in [3.63, 3.8) is 0 Å². The lowest BCUT2D eigenvalue weighted by Crippen LogP contribution is -2.27. The van der Waals surface area contributed by atoms with Crippen LogP contribution in [0.25, 0.3) is 0 Å². The van der Waals surface area contributed by atoms with Crippen LogP contribution in [-0.2, 0) is 4.74 Å². The fraction of sp³-hybridized carbons (Fsp3) is 0.222. The van der Waals surface area contributed by atoms with E-state index in [1.807, 2.05) is 12.1 Å². The summed E-state index contributed by atoms with van der Waals surface area (Å²) in [6, 6.07) is 8.16. The number of carboxylic acid groups (broad SMARTS) is 1. The van der Waals surface area contributed by atoms with Crippen molar-refractivity contribution in [1.82, 2.24) is 10.3 Å². The van der Waals surface area contributed by atoms with Gasteiger partial charge < -0.3 is 15.2 Å². The second kappa shape index (κ2) is 7.22. The van der Waals surface area contributed by atoms with Gasteiger partial charge in [0, 0.05) is 18.1 Å². The lowest BCUT2D eigenvalue weighted by molar-refractivity contribution is 0.0696. The number of carbonyl (C=O) groups is 3. The van der Waals surface area contributed by atoms with Gasteiger partial charge in [0.1, 0.15) is 6.61 Å². The number of ether oxygens (including phenoxy) is 1. The third-order valence-electron chi connectivity index (χ3n) is 4.04. The number of amides is 2. The number of hydrogen-bond donors (Lipinski definition) is 2. The first-order valence-corrected chi connectivity index (χ1v) is 7.99. The average molecular weight is 355 g/mol. The minimum absolute atomic E-state index is 0.0557. The van der Waals surface area contributed by atoms with Gasteiger partial charge in [-0.25, -0.2) is 9.59 Å². The van der Waals surface area contributed by atoms with Crippen LogP contribution in [-0.4, -0.2) is 41.2 Å². The van der Waals surface area contributed by atoms with Crippen LogP contribution in [0.2, 0.25) is 0 Å². The van der Waals surface area contributed by atoms with E-state index < -0.39 is 18.0 Å². The lowest BCUT2D eigenvalue weighted by atomic mass is 10.1. The Morgan fingerprint density at radius 1 is 1.27 bits per heavy atom. The minimum atomic E-state index is -1.15. The number of hydrogen-bond acceptors (Lipinski definition) is 5. The molecule has 26 heavy (non-hydrogen) atoms. The Labute approximate surface area is 149 Å². The molecule has 0 saturated carbocycles. The summed E-state index contributed by atoms with van der Waals surface area (Å²) in [6.45, 7) is 2.63. The Morgan fingerprint density at radius 2 is 2.04 bits per heavy atom. The first kappa shape index (κ1) is 17.4. The van der Waals surface area contributed by atoms with Crippen molar-refractivity contribution < 1.29 is 24.2 Å². The largest absolute Gasteiger partial charge is 0.478 e. The molecule has 1 aromatic carbocycles. The number of cyclic esters (lactones) is 1. The van der Waals surface area contributed by atoms with Gasteiger partial charge >= 0.3 is 12.1 Å². The predicted octanol–water partition coefficient (Wildman–Crippen LogP) is 2.23. The van der Waals surface area contributed by atoms with Gasteiger partial charge in [0.2, 0.25) is 0 Å². The Hall–Kier alpha value is -3.42. The summed E-state index contributed by atoms with van der Waals surface area (Å²) in [5.41, 5.74) is 1.61. The zero-order chi connectivity index (χ0) is 18.7. The second-order valence-electron chi connectivity index (χ2n) is 5.82. The van der Waals surface area contributed by atoms with Crippen LogP contribution in [0, 0.1) is 0 Å².